The van der Waals surface area contributed by atoms with Gasteiger partial charge in [-0.1, -0.05) is 24.3 Å². The Morgan fingerprint density at radius 1 is 1.33 bits per heavy atom. The number of carbonyl (C=O) groups is 1. The highest BCUT2D eigenvalue weighted by Gasteiger charge is 2.40. The maximum absolute atomic E-state index is 15.1. The summed E-state index contributed by atoms with van der Waals surface area (Å²) in [6.07, 6.45) is 1.39. The van der Waals surface area contributed by atoms with Gasteiger partial charge in [0, 0.05) is 24.6 Å². The summed E-state index contributed by atoms with van der Waals surface area (Å²) >= 11 is 0. The number of rotatable bonds is 8. The molecule has 0 aromatic heterocycles. The molecule has 1 fully saturated rings. The number of ether oxygens (including phenoxy) is 1. The lowest BCUT2D eigenvalue weighted by Crippen LogP contribution is -2.45. The number of halogens is 1. The van der Waals surface area contributed by atoms with Crippen LogP contribution in [0.25, 0.3) is 11.1 Å². The minimum atomic E-state index is -1.30. The summed E-state index contributed by atoms with van der Waals surface area (Å²) in [5.74, 6) is 0.0871. The number of benzene rings is 2. The van der Waals surface area contributed by atoms with Crippen LogP contribution in [-0.4, -0.2) is 43.1 Å². The van der Waals surface area contributed by atoms with Gasteiger partial charge in [0.2, 0.25) is 0 Å². The minimum Gasteiger partial charge on any atom is -0.497 e. The molecule has 1 heterocycles. The van der Waals surface area contributed by atoms with Crippen molar-refractivity contribution in [3.8, 4) is 16.9 Å². The Hall–Kier alpha value is -2.64. The second-order valence-electron chi connectivity index (χ2n) is 7.70. The smallest absolute Gasteiger partial charge is 0.404 e. The number of aliphatic hydroxyl groups is 1. The third kappa shape index (κ3) is 4.91. The molecule has 2 aromatic rings. The van der Waals surface area contributed by atoms with Gasteiger partial charge in [-0.15, -0.1) is 0 Å². The molecule has 0 spiro atoms. The first-order chi connectivity index (χ1) is 14.5. The summed E-state index contributed by atoms with van der Waals surface area (Å²) in [5, 5.41) is 26.5. The third-order valence-corrected chi connectivity index (χ3v) is 5.82. The normalized spacial score (nSPS) is 18.4. The summed E-state index contributed by atoms with van der Waals surface area (Å²) in [7, 11) is 1.56. The van der Waals surface area contributed by atoms with Gasteiger partial charge in [0.25, 0.3) is 0 Å². The molecule has 0 bridgehead atoms. The van der Waals surface area contributed by atoms with Crippen molar-refractivity contribution in [3.63, 3.8) is 0 Å². The van der Waals surface area contributed by atoms with E-state index in [-0.39, 0.29) is 12.5 Å². The highest BCUT2D eigenvalue weighted by atomic mass is 19.1. The number of methoxy groups -OCH3 is 1. The molecule has 0 saturated carbocycles. The largest absolute Gasteiger partial charge is 0.497 e. The van der Waals surface area contributed by atoms with Crippen LogP contribution in [0.2, 0.25) is 0 Å². The van der Waals surface area contributed by atoms with Crippen LogP contribution in [0.5, 0.6) is 5.75 Å². The predicted molar refractivity (Wildman–Crippen MR) is 113 cm³/mol. The quantitative estimate of drug-likeness (QED) is 0.492. The van der Waals surface area contributed by atoms with E-state index in [4.69, 9.17) is 9.84 Å². The molecular formula is C23H29FN2O4. The topological polar surface area (TPSA) is 90.8 Å². The molecule has 0 aliphatic carbocycles. The fraction of sp³-hybridized carbons (Fsp3) is 0.435. The number of hydrogen-bond donors (Lipinski definition) is 4. The number of hydrogen-bond acceptors (Lipinski definition) is 4. The van der Waals surface area contributed by atoms with Gasteiger partial charge in [0.1, 0.15) is 11.6 Å². The Labute approximate surface area is 176 Å². The van der Waals surface area contributed by atoms with E-state index in [0.717, 1.165) is 19.4 Å². The minimum absolute atomic E-state index is 0.109. The number of carboxylic acid groups (broad SMARTS) is 1. The Balaban J connectivity index is 2.04. The average Bonchev–Trinajstić information content (AvgIpc) is 2.77. The molecule has 0 radical (unpaired) electrons. The van der Waals surface area contributed by atoms with Crippen LogP contribution in [-0.2, 0) is 5.60 Å². The Bertz CT molecular complexity index is 870. The van der Waals surface area contributed by atoms with Gasteiger partial charge in [-0.2, -0.15) is 0 Å². The van der Waals surface area contributed by atoms with Gasteiger partial charge >= 0.3 is 6.09 Å². The molecule has 0 unspecified atom stereocenters. The van der Waals surface area contributed by atoms with Gasteiger partial charge in [-0.3, -0.25) is 0 Å². The van der Waals surface area contributed by atoms with Crippen molar-refractivity contribution in [2.75, 3.05) is 26.7 Å². The van der Waals surface area contributed by atoms with E-state index >= 15 is 4.39 Å². The van der Waals surface area contributed by atoms with Crippen molar-refractivity contribution in [1.29, 1.82) is 0 Å². The second-order valence-corrected chi connectivity index (χ2v) is 7.70. The van der Waals surface area contributed by atoms with Crippen molar-refractivity contribution >= 4 is 6.09 Å². The van der Waals surface area contributed by atoms with E-state index in [1.54, 1.807) is 43.5 Å². The fourth-order valence-corrected chi connectivity index (χ4v) is 4.33. The highest BCUT2D eigenvalue weighted by Crippen LogP contribution is 2.43. The van der Waals surface area contributed by atoms with Gasteiger partial charge in [0.05, 0.1) is 12.7 Å². The standard InChI is InChI=1S/C23H29FN2O4/c1-30-18-8-2-6-16(14-18)21-19(9-3-10-20(21)24)23(29,11-5-13-26-22(27)28)17-7-4-12-25-15-17/h2-3,6,8-10,14,17,25-26,29H,4-5,7,11-13,15H2,1H3,(H,27,28)/t17-,23+/m1/s1. The molecule has 7 heteroatoms. The first kappa shape index (κ1) is 22.1. The highest BCUT2D eigenvalue weighted by molar-refractivity contribution is 5.70. The summed E-state index contributed by atoms with van der Waals surface area (Å²) in [6, 6.07) is 11.9. The number of piperidine rings is 1. The summed E-state index contributed by atoms with van der Waals surface area (Å²) in [6.45, 7) is 1.73. The van der Waals surface area contributed by atoms with Crippen LogP contribution >= 0.6 is 0 Å². The van der Waals surface area contributed by atoms with Crippen molar-refractivity contribution < 1.29 is 24.1 Å². The van der Waals surface area contributed by atoms with E-state index in [1.165, 1.54) is 6.07 Å². The molecule has 1 aliphatic heterocycles. The zero-order valence-electron chi connectivity index (χ0n) is 17.2. The number of nitrogens with one attached hydrogen (secondary N) is 2. The summed E-state index contributed by atoms with van der Waals surface area (Å²) in [5.41, 5.74) is 0.220. The monoisotopic (exact) mass is 416 g/mol. The Kier molecular flexibility index (Phi) is 7.29. The molecule has 6 nitrogen and oxygen atoms in total. The summed E-state index contributed by atoms with van der Waals surface area (Å²) < 4.78 is 20.4. The van der Waals surface area contributed by atoms with E-state index in [9.17, 15) is 9.90 Å². The molecular weight excluding hydrogens is 387 g/mol. The Morgan fingerprint density at radius 3 is 2.83 bits per heavy atom. The van der Waals surface area contributed by atoms with Crippen LogP contribution in [0.1, 0.15) is 31.2 Å². The molecule has 3 rings (SSSR count). The zero-order chi connectivity index (χ0) is 21.6. The lowest BCUT2D eigenvalue weighted by molar-refractivity contribution is -0.0417. The maximum atomic E-state index is 15.1. The first-order valence-corrected chi connectivity index (χ1v) is 10.3. The van der Waals surface area contributed by atoms with E-state index < -0.39 is 17.5 Å². The second kappa shape index (κ2) is 9.91. The first-order valence-electron chi connectivity index (χ1n) is 10.3. The van der Waals surface area contributed by atoms with Crippen molar-refractivity contribution in [2.24, 2.45) is 5.92 Å². The fourth-order valence-electron chi connectivity index (χ4n) is 4.33. The molecule has 162 valence electrons. The van der Waals surface area contributed by atoms with E-state index in [2.05, 4.69) is 10.6 Å². The molecule has 1 aliphatic rings. The molecule has 2 aromatic carbocycles. The van der Waals surface area contributed by atoms with Crippen LogP contribution in [0.15, 0.2) is 42.5 Å². The zero-order valence-corrected chi connectivity index (χ0v) is 17.2. The maximum Gasteiger partial charge on any atom is 0.404 e. The van der Waals surface area contributed by atoms with E-state index in [0.29, 0.717) is 41.8 Å². The molecule has 2 atom stereocenters. The lowest BCUT2D eigenvalue weighted by atomic mass is 9.72. The SMILES string of the molecule is COc1cccc(-c2c(F)cccc2[C@](O)(CCCNC(=O)O)[C@@H]2CCCNC2)c1. The van der Waals surface area contributed by atoms with Crippen LogP contribution in [0.4, 0.5) is 9.18 Å². The van der Waals surface area contributed by atoms with Gasteiger partial charge in [-0.25, -0.2) is 9.18 Å². The van der Waals surface area contributed by atoms with Gasteiger partial charge in [0.15, 0.2) is 0 Å². The Morgan fingerprint density at radius 2 is 2.13 bits per heavy atom. The molecule has 1 saturated heterocycles. The van der Waals surface area contributed by atoms with Gasteiger partial charge < -0.3 is 25.6 Å². The van der Waals surface area contributed by atoms with E-state index in [1.807, 2.05) is 0 Å². The molecule has 30 heavy (non-hydrogen) atoms. The summed E-state index contributed by atoms with van der Waals surface area (Å²) in [4.78, 5) is 10.8. The van der Waals surface area contributed by atoms with Crippen LogP contribution in [0, 0.1) is 11.7 Å². The van der Waals surface area contributed by atoms with Gasteiger partial charge in [-0.05, 0) is 61.6 Å². The van der Waals surface area contributed by atoms with Crippen molar-refractivity contribution in [2.45, 2.75) is 31.3 Å². The molecule has 4 N–H and O–H groups in total. The predicted octanol–water partition coefficient (Wildman–Crippen LogP) is 3.74. The van der Waals surface area contributed by atoms with Crippen LogP contribution < -0.4 is 15.4 Å². The average molecular weight is 416 g/mol. The third-order valence-electron chi connectivity index (χ3n) is 5.82. The molecule has 1 amide bonds. The van der Waals surface area contributed by atoms with Crippen molar-refractivity contribution in [3.05, 3.63) is 53.8 Å². The number of amides is 1. The van der Waals surface area contributed by atoms with Crippen molar-refractivity contribution in [1.82, 2.24) is 10.6 Å². The lowest BCUT2D eigenvalue weighted by Gasteiger charge is -2.40. The van der Waals surface area contributed by atoms with Crippen LogP contribution in [0.3, 0.4) is 0 Å².